The smallest absolute Gasteiger partial charge is 0.260 e. The fourth-order valence-corrected chi connectivity index (χ4v) is 1.83. The molecule has 1 amide bonds. The molecule has 1 N–H and O–H groups in total. The van der Waals surface area contributed by atoms with Gasteiger partial charge < -0.3 is 10.1 Å². The van der Waals surface area contributed by atoms with E-state index in [-0.39, 0.29) is 11.7 Å². The average molecular weight is 277 g/mol. The van der Waals surface area contributed by atoms with E-state index in [0.29, 0.717) is 17.9 Å². The summed E-state index contributed by atoms with van der Waals surface area (Å²) in [6.45, 7) is 5.95. The van der Waals surface area contributed by atoms with Gasteiger partial charge in [-0.05, 0) is 32.4 Å². The molecule has 1 aromatic carbocycles. The van der Waals surface area contributed by atoms with Gasteiger partial charge in [-0.1, -0.05) is 31.9 Å². The fraction of sp³-hybridized carbons (Fsp3) is 0.500. The molecule has 1 atom stereocenters. The fourth-order valence-electron chi connectivity index (χ4n) is 1.83. The minimum absolute atomic E-state index is 0.0730. The number of ketones is 1. The van der Waals surface area contributed by atoms with Crippen LogP contribution in [-0.4, -0.2) is 24.3 Å². The average Bonchev–Trinajstić information content (AvgIpc) is 2.43. The van der Waals surface area contributed by atoms with Crippen LogP contribution in [0.2, 0.25) is 0 Å². The maximum absolute atomic E-state index is 11.9. The van der Waals surface area contributed by atoms with Gasteiger partial charge in [-0.25, -0.2) is 0 Å². The summed E-state index contributed by atoms with van der Waals surface area (Å²) in [4.78, 5) is 23.4. The van der Waals surface area contributed by atoms with Crippen LogP contribution >= 0.6 is 0 Å². The summed E-state index contributed by atoms with van der Waals surface area (Å²) >= 11 is 0. The molecule has 1 unspecified atom stereocenters. The number of amides is 1. The number of hydrogen-bond donors (Lipinski definition) is 1. The molecular weight excluding hydrogens is 254 g/mol. The van der Waals surface area contributed by atoms with Crippen molar-refractivity contribution >= 4 is 11.7 Å². The number of Topliss-reactive ketones (excluding diaryl/α,β-unsaturated/α-hetero) is 1. The first kappa shape index (κ1) is 16.2. The molecule has 110 valence electrons. The Bertz CT molecular complexity index is 457. The quantitative estimate of drug-likeness (QED) is 0.587. The molecule has 0 saturated heterocycles. The molecule has 4 nitrogen and oxygen atoms in total. The van der Waals surface area contributed by atoms with Crippen molar-refractivity contribution in [1.82, 2.24) is 5.32 Å². The van der Waals surface area contributed by atoms with Crippen molar-refractivity contribution in [3.05, 3.63) is 29.8 Å². The largest absolute Gasteiger partial charge is 0.480 e. The van der Waals surface area contributed by atoms with Crippen molar-refractivity contribution < 1.29 is 14.3 Å². The Morgan fingerprint density at radius 2 is 1.95 bits per heavy atom. The van der Waals surface area contributed by atoms with Crippen LogP contribution in [0.15, 0.2) is 24.3 Å². The van der Waals surface area contributed by atoms with Crippen LogP contribution in [0.1, 0.15) is 50.4 Å². The van der Waals surface area contributed by atoms with Gasteiger partial charge in [0.25, 0.3) is 5.91 Å². The zero-order valence-corrected chi connectivity index (χ0v) is 12.4. The summed E-state index contributed by atoms with van der Waals surface area (Å²) in [5.41, 5.74) is 0.498. The Labute approximate surface area is 120 Å². The van der Waals surface area contributed by atoms with Crippen LogP contribution < -0.4 is 10.1 Å². The lowest BCUT2D eigenvalue weighted by Gasteiger charge is -2.16. The van der Waals surface area contributed by atoms with Crippen molar-refractivity contribution in [2.45, 2.75) is 46.1 Å². The van der Waals surface area contributed by atoms with Gasteiger partial charge in [0, 0.05) is 6.54 Å². The second-order valence-electron chi connectivity index (χ2n) is 4.81. The van der Waals surface area contributed by atoms with Crippen molar-refractivity contribution in [2.75, 3.05) is 6.54 Å². The Kier molecular flexibility index (Phi) is 6.77. The number of carbonyl (C=O) groups excluding carboxylic acids is 2. The first-order valence-corrected chi connectivity index (χ1v) is 7.10. The van der Waals surface area contributed by atoms with Crippen LogP contribution in [0, 0.1) is 0 Å². The van der Waals surface area contributed by atoms with Crippen LogP contribution in [0.5, 0.6) is 5.75 Å². The van der Waals surface area contributed by atoms with E-state index in [0.717, 1.165) is 19.3 Å². The van der Waals surface area contributed by atoms with Gasteiger partial charge in [0.15, 0.2) is 11.9 Å². The maximum Gasteiger partial charge on any atom is 0.260 e. The molecule has 4 heteroatoms. The van der Waals surface area contributed by atoms with Crippen molar-refractivity contribution in [1.29, 1.82) is 0 Å². The van der Waals surface area contributed by atoms with Gasteiger partial charge in [0.05, 0.1) is 5.56 Å². The second kappa shape index (κ2) is 8.35. The first-order chi connectivity index (χ1) is 9.56. The van der Waals surface area contributed by atoms with Crippen molar-refractivity contribution in [2.24, 2.45) is 0 Å². The molecule has 1 rings (SSSR count). The number of rotatable bonds is 8. The van der Waals surface area contributed by atoms with Gasteiger partial charge in [0.2, 0.25) is 0 Å². The lowest BCUT2D eigenvalue weighted by atomic mass is 10.1. The molecule has 1 aromatic rings. The van der Waals surface area contributed by atoms with E-state index in [2.05, 4.69) is 12.2 Å². The molecule has 0 aliphatic rings. The Hall–Kier alpha value is -1.84. The molecule has 0 saturated carbocycles. The number of nitrogens with one attached hydrogen (secondary N) is 1. The standard InChI is InChI=1S/C16H23NO3/c1-4-5-8-11-17-16(19)13(3)20-15-10-7-6-9-14(15)12(2)18/h6-7,9-10,13H,4-5,8,11H2,1-3H3,(H,17,19). The van der Waals surface area contributed by atoms with E-state index in [1.165, 1.54) is 6.92 Å². The summed E-state index contributed by atoms with van der Waals surface area (Å²) < 4.78 is 5.59. The highest BCUT2D eigenvalue weighted by atomic mass is 16.5. The zero-order chi connectivity index (χ0) is 15.0. The van der Waals surface area contributed by atoms with E-state index in [1.54, 1.807) is 31.2 Å². The molecule has 0 radical (unpaired) electrons. The van der Waals surface area contributed by atoms with Crippen LogP contribution in [0.25, 0.3) is 0 Å². The van der Waals surface area contributed by atoms with Gasteiger partial charge in [-0.3, -0.25) is 9.59 Å². The van der Waals surface area contributed by atoms with Crippen molar-refractivity contribution in [3.8, 4) is 5.75 Å². The Balaban J connectivity index is 2.55. The van der Waals surface area contributed by atoms with Gasteiger partial charge >= 0.3 is 0 Å². The molecule has 0 aliphatic heterocycles. The molecule has 0 fully saturated rings. The van der Waals surface area contributed by atoms with Crippen LogP contribution in [-0.2, 0) is 4.79 Å². The van der Waals surface area contributed by atoms with Gasteiger partial charge in [-0.2, -0.15) is 0 Å². The highest BCUT2D eigenvalue weighted by Crippen LogP contribution is 2.19. The summed E-state index contributed by atoms with van der Waals surface area (Å²) in [6, 6.07) is 6.97. The third-order valence-electron chi connectivity index (χ3n) is 3.02. The van der Waals surface area contributed by atoms with E-state index >= 15 is 0 Å². The third-order valence-corrected chi connectivity index (χ3v) is 3.02. The molecule has 0 spiro atoms. The van der Waals surface area contributed by atoms with E-state index in [1.807, 2.05) is 0 Å². The molecule has 0 heterocycles. The molecule has 0 aromatic heterocycles. The highest BCUT2D eigenvalue weighted by Gasteiger charge is 2.16. The number of unbranched alkanes of at least 4 members (excludes halogenated alkanes) is 2. The van der Waals surface area contributed by atoms with E-state index < -0.39 is 6.10 Å². The first-order valence-electron chi connectivity index (χ1n) is 7.10. The highest BCUT2D eigenvalue weighted by molar-refractivity contribution is 5.96. The van der Waals surface area contributed by atoms with Crippen LogP contribution in [0.3, 0.4) is 0 Å². The van der Waals surface area contributed by atoms with E-state index in [9.17, 15) is 9.59 Å². The number of para-hydroxylation sites is 1. The maximum atomic E-state index is 11.9. The summed E-state index contributed by atoms with van der Waals surface area (Å²) in [5, 5.41) is 2.84. The molecule has 20 heavy (non-hydrogen) atoms. The minimum Gasteiger partial charge on any atom is -0.480 e. The molecule has 0 aliphatic carbocycles. The SMILES string of the molecule is CCCCCNC(=O)C(C)Oc1ccccc1C(C)=O. The van der Waals surface area contributed by atoms with E-state index in [4.69, 9.17) is 4.74 Å². The molecular formula is C16H23NO3. The van der Waals surface area contributed by atoms with Gasteiger partial charge in [0.1, 0.15) is 5.75 Å². The lowest BCUT2D eigenvalue weighted by molar-refractivity contribution is -0.127. The Morgan fingerprint density at radius 1 is 1.25 bits per heavy atom. The molecule has 0 bridgehead atoms. The number of hydrogen-bond acceptors (Lipinski definition) is 3. The zero-order valence-electron chi connectivity index (χ0n) is 12.4. The minimum atomic E-state index is -0.614. The number of ether oxygens (including phenoxy) is 1. The monoisotopic (exact) mass is 277 g/mol. The second-order valence-corrected chi connectivity index (χ2v) is 4.81. The predicted octanol–water partition coefficient (Wildman–Crippen LogP) is 2.96. The van der Waals surface area contributed by atoms with Crippen LogP contribution in [0.4, 0.5) is 0 Å². The topological polar surface area (TPSA) is 55.4 Å². The summed E-state index contributed by atoms with van der Waals surface area (Å²) in [5.74, 6) is 0.229. The summed E-state index contributed by atoms with van der Waals surface area (Å²) in [6.07, 6.45) is 2.58. The third kappa shape index (κ3) is 5.03. The normalized spacial score (nSPS) is 11.8. The number of benzene rings is 1. The Morgan fingerprint density at radius 3 is 2.60 bits per heavy atom. The van der Waals surface area contributed by atoms with Gasteiger partial charge in [-0.15, -0.1) is 0 Å². The number of carbonyl (C=O) groups is 2. The lowest BCUT2D eigenvalue weighted by Crippen LogP contribution is -2.37. The van der Waals surface area contributed by atoms with Crippen molar-refractivity contribution in [3.63, 3.8) is 0 Å². The summed E-state index contributed by atoms with van der Waals surface area (Å²) in [7, 11) is 0. The predicted molar refractivity (Wildman–Crippen MR) is 79.1 cm³/mol.